The molecule has 0 saturated heterocycles. The van der Waals surface area contributed by atoms with Gasteiger partial charge in [0, 0.05) is 17.9 Å². The smallest absolute Gasteiger partial charge is 0.238 e. The normalized spacial score (nSPS) is 14.8. The first-order chi connectivity index (χ1) is 15.1. The molecule has 1 amide bonds. The molecular formula is C25H33N3O3. The number of hydrogen-bond donors (Lipinski definition) is 1. The number of pyridine rings is 1. The van der Waals surface area contributed by atoms with Crippen LogP contribution in [0, 0.1) is 0 Å². The summed E-state index contributed by atoms with van der Waals surface area (Å²) in [5, 5.41) is 3.28. The van der Waals surface area contributed by atoms with E-state index in [0.717, 1.165) is 67.8 Å². The minimum absolute atomic E-state index is 0.0582. The van der Waals surface area contributed by atoms with Crippen LogP contribution < -0.4 is 14.8 Å². The van der Waals surface area contributed by atoms with Crippen LogP contribution in [0.2, 0.25) is 0 Å². The molecule has 4 rings (SSSR count). The number of anilines is 1. The number of carbonyl (C=O) groups excluding carboxylic acids is 1. The van der Waals surface area contributed by atoms with Gasteiger partial charge in [-0.05, 0) is 87.2 Å². The average Bonchev–Trinajstić information content (AvgIpc) is 3.25. The molecule has 166 valence electrons. The molecule has 0 unspecified atom stereocenters. The molecule has 1 heterocycles. The van der Waals surface area contributed by atoms with E-state index in [1.54, 1.807) is 14.2 Å². The summed E-state index contributed by atoms with van der Waals surface area (Å²) in [5.74, 6) is 1.52. The highest BCUT2D eigenvalue weighted by Crippen LogP contribution is 2.36. The van der Waals surface area contributed by atoms with Crippen LogP contribution in [0.25, 0.3) is 0 Å². The minimum atomic E-state index is 0.0582. The molecular weight excluding hydrogens is 390 g/mol. The van der Waals surface area contributed by atoms with Crippen molar-refractivity contribution in [2.75, 3.05) is 39.7 Å². The Morgan fingerprint density at radius 2 is 1.68 bits per heavy atom. The zero-order valence-corrected chi connectivity index (χ0v) is 18.9. The highest BCUT2D eigenvalue weighted by Gasteiger charge is 2.25. The zero-order chi connectivity index (χ0) is 21.8. The van der Waals surface area contributed by atoms with Gasteiger partial charge >= 0.3 is 0 Å². The van der Waals surface area contributed by atoms with Crippen LogP contribution in [0.1, 0.15) is 47.3 Å². The van der Waals surface area contributed by atoms with Crippen molar-refractivity contribution in [3.63, 3.8) is 0 Å². The molecule has 0 spiro atoms. The lowest BCUT2D eigenvalue weighted by atomic mass is 9.92. The van der Waals surface area contributed by atoms with E-state index in [-0.39, 0.29) is 5.91 Å². The highest BCUT2D eigenvalue weighted by molar-refractivity contribution is 5.94. The molecule has 6 heteroatoms. The molecule has 2 aromatic rings. The number of rotatable bonds is 8. The Labute approximate surface area is 185 Å². The highest BCUT2D eigenvalue weighted by atomic mass is 16.5. The number of ether oxygens (including phenoxy) is 2. The fraction of sp³-hybridized carbons (Fsp3) is 0.520. The van der Waals surface area contributed by atoms with Crippen LogP contribution >= 0.6 is 0 Å². The molecule has 6 nitrogen and oxygen atoms in total. The summed E-state index contributed by atoms with van der Waals surface area (Å²) < 4.78 is 10.7. The van der Waals surface area contributed by atoms with Gasteiger partial charge < -0.3 is 14.8 Å². The van der Waals surface area contributed by atoms with Crippen molar-refractivity contribution in [2.24, 2.45) is 0 Å². The van der Waals surface area contributed by atoms with Gasteiger partial charge in [0.2, 0.25) is 5.91 Å². The Balaban J connectivity index is 1.38. The van der Waals surface area contributed by atoms with E-state index < -0.39 is 0 Å². The van der Waals surface area contributed by atoms with Gasteiger partial charge in [-0.15, -0.1) is 0 Å². The number of carbonyl (C=O) groups is 1. The maximum Gasteiger partial charge on any atom is 0.238 e. The van der Waals surface area contributed by atoms with Gasteiger partial charge in [-0.1, -0.05) is 6.07 Å². The Morgan fingerprint density at radius 3 is 2.42 bits per heavy atom. The minimum Gasteiger partial charge on any atom is -0.493 e. The Hall–Kier alpha value is -2.60. The maximum absolute atomic E-state index is 12.9. The zero-order valence-electron chi connectivity index (χ0n) is 18.9. The van der Waals surface area contributed by atoms with E-state index >= 15 is 0 Å². The molecule has 0 saturated carbocycles. The number of aromatic nitrogens is 1. The van der Waals surface area contributed by atoms with E-state index in [9.17, 15) is 4.79 Å². The molecule has 0 atom stereocenters. The van der Waals surface area contributed by atoms with Gasteiger partial charge in [0.05, 0.1) is 26.5 Å². The molecule has 0 fully saturated rings. The summed E-state index contributed by atoms with van der Waals surface area (Å²) in [6.45, 7) is 1.16. The third-order valence-corrected chi connectivity index (χ3v) is 6.41. The van der Waals surface area contributed by atoms with Crippen molar-refractivity contribution in [3.05, 3.63) is 46.3 Å². The van der Waals surface area contributed by atoms with E-state index in [2.05, 4.69) is 10.2 Å². The predicted octanol–water partition coefficient (Wildman–Crippen LogP) is 3.58. The van der Waals surface area contributed by atoms with E-state index in [0.29, 0.717) is 6.54 Å². The van der Waals surface area contributed by atoms with E-state index in [1.165, 1.54) is 35.4 Å². The number of fused-ring (bicyclic) bond motifs is 2. The molecule has 31 heavy (non-hydrogen) atoms. The summed E-state index contributed by atoms with van der Waals surface area (Å²) in [7, 11) is 5.28. The van der Waals surface area contributed by atoms with Crippen LogP contribution in [0.4, 0.5) is 5.69 Å². The second-order valence-electron chi connectivity index (χ2n) is 8.62. The lowest BCUT2D eigenvalue weighted by Gasteiger charge is -2.23. The summed E-state index contributed by atoms with van der Waals surface area (Å²) in [5.41, 5.74) is 7.22. The van der Waals surface area contributed by atoms with Gasteiger partial charge in [-0.2, -0.15) is 0 Å². The van der Waals surface area contributed by atoms with Crippen LogP contribution in [0.5, 0.6) is 11.5 Å². The van der Waals surface area contributed by atoms with Crippen LogP contribution in [0.3, 0.4) is 0 Å². The number of hydrogen-bond acceptors (Lipinski definition) is 5. The standard InChI is InChI=1S/C25H33N3O3/c1-28(14-13-17-11-12-22(30-2)23(15-17)31-3)16-24(29)27-25-18-7-4-5-9-20(18)26-21-10-6-8-19(21)25/h11-12,15H,4-10,13-14,16H2,1-3H3,(H,26,27,29). The summed E-state index contributed by atoms with van der Waals surface area (Å²) in [6, 6.07) is 5.97. The molecule has 1 aromatic heterocycles. The second-order valence-corrected chi connectivity index (χ2v) is 8.62. The topological polar surface area (TPSA) is 63.7 Å². The molecule has 2 aliphatic rings. The third-order valence-electron chi connectivity index (χ3n) is 6.41. The van der Waals surface area contributed by atoms with Gasteiger partial charge in [-0.3, -0.25) is 14.7 Å². The number of amides is 1. The van der Waals surface area contributed by atoms with Crippen molar-refractivity contribution < 1.29 is 14.3 Å². The predicted molar refractivity (Wildman–Crippen MR) is 122 cm³/mol. The number of aryl methyl sites for hydroxylation is 2. The molecule has 0 radical (unpaired) electrons. The van der Waals surface area contributed by atoms with Gasteiger partial charge in [0.25, 0.3) is 0 Å². The summed E-state index contributed by atoms with van der Waals surface area (Å²) in [4.78, 5) is 19.9. The number of benzene rings is 1. The number of nitrogens with zero attached hydrogens (tertiary/aromatic N) is 2. The van der Waals surface area contributed by atoms with Gasteiger partial charge in [0.15, 0.2) is 11.5 Å². The third kappa shape index (κ3) is 4.85. The molecule has 0 aliphatic heterocycles. The van der Waals surface area contributed by atoms with Crippen molar-refractivity contribution in [1.29, 1.82) is 0 Å². The van der Waals surface area contributed by atoms with Gasteiger partial charge in [-0.25, -0.2) is 0 Å². The van der Waals surface area contributed by atoms with Crippen molar-refractivity contribution >= 4 is 11.6 Å². The Kier molecular flexibility index (Phi) is 6.76. The van der Waals surface area contributed by atoms with E-state index in [4.69, 9.17) is 14.5 Å². The van der Waals surface area contributed by atoms with Crippen LogP contribution in [0.15, 0.2) is 18.2 Å². The quantitative estimate of drug-likeness (QED) is 0.703. The van der Waals surface area contributed by atoms with Crippen molar-refractivity contribution in [1.82, 2.24) is 9.88 Å². The second kappa shape index (κ2) is 9.69. The first-order valence-corrected chi connectivity index (χ1v) is 11.3. The Bertz CT molecular complexity index is 958. The molecule has 1 aromatic carbocycles. The molecule has 0 bridgehead atoms. The van der Waals surface area contributed by atoms with Crippen molar-refractivity contribution in [2.45, 2.75) is 51.4 Å². The summed E-state index contributed by atoms with van der Waals surface area (Å²) >= 11 is 0. The van der Waals surface area contributed by atoms with Gasteiger partial charge in [0.1, 0.15) is 0 Å². The first-order valence-electron chi connectivity index (χ1n) is 11.3. The number of likely N-dealkylation sites (N-methyl/N-ethyl adjacent to an activating group) is 1. The largest absolute Gasteiger partial charge is 0.493 e. The fourth-order valence-corrected chi connectivity index (χ4v) is 4.76. The average molecular weight is 424 g/mol. The lowest BCUT2D eigenvalue weighted by Crippen LogP contribution is -2.32. The molecule has 2 aliphatic carbocycles. The maximum atomic E-state index is 12.9. The summed E-state index contributed by atoms with van der Waals surface area (Å²) in [6.07, 6.45) is 8.49. The van der Waals surface area contributed by atoms with Crippen molar-refractivity contribution in [3.8, 4) is 11.5 Å². The molecule has 1 N–H and O–H groups in total. The fourth-order valence-electron chi connectivity index (χ4n) is 4.76. The monoisotopic (exact) mass is 423 g/mol. The van der Waals surface area contributed by atoms with Crippen LogP contribution in [-0.4, -0.2) is 50.1 Å². The van der Waals surface area contributed by atoms with Crippen LogP contribution in [-0.2, 0) is 36.9 Å². The SMILES string of the molecule is COc1ccc(CCN(C)CC(=O)Nc2c3c(nc4c2CCC4)CCCC3)cc1OC. The number of methoxy groups -OCH3 is 2. The lowest BCUT2D eigenvalue weighted by molar-refractivity contribution is -0.117. The van der Waals surface area contributed by atoms with E-state index in [1.807, 2.05) is 25.2 Å². The first kappa shape index (κ1) is 21.6. The number of nitrogens with one attached hydrogen (secondary N) is 1. The Morgan fingerprint density at radius 1 is 1.00 bits per heavy atom.